The summed E-state index contributed by atoms with van der Waals surface area (Å²) in [6, 6.07) is 5.77. The molecule has 3 heterocycles. The predicted molar refractivity (Wildman–Crippen MR) is 96.1 cm³/mol. The molecule has 0 bridgehead atoms. The molecule has 9 heteroatoms. The number of aromatic nitrogens is 3. The van der Waals surface area contributed by atoms with Gasteiger partial charge in [-0.2, -0.15) is 5.10 Å². The number of nitrogens with zero attached hydrogens (tertiary/aromatic N) is 4. The van der Waals surface area contributed by atoms with Gasteiger partial charge in [-0.3, -0.25) is 4.68 Å². The second kappa shape index (κ2) is 6.74. The summed E-state index contributed by atoms with van der Waals surface area (Å²) in [5, 5.41) is 10.4. The van der Waals surface area contributed by atoms with Crippen molar-refractivity contribution in [1.29, 1.82) is 0 Å². The van der Waals surface area contributed by atoms with Gasteiger partial charge in [0.1, 0.15) is 10.6 Å². The van der Waals surface area contributed by atoms with Crippen LogP contribution in [0.4, 0.5) is 0 Å². The lowest BCUT2D eigenvalue weighted by Gasteiger charge is -2.15. The lowest BCUT2D eigenvalue weighted by Crippen LogP contribution is -2.27. The van der Waals surface area contributed by atoms with E-state index in [1.165, 1.54) is 4.31 Å². The summed E-state index contributed by atoms with van der Waals surface area (Å²) in [7, 11) is -1.98. The standard InChI is InChI=1S/C16H20N4O3S2/c1-5-19(4)25(21,22)16-11(2)17-20(12(16)3)10-13-9-14(23-18-13)15-7-6-8-24-15/h6-9H,5,10H2,1-4H3. The molecule has 3 aromatic heterocycles. The van der Waals surface area contributed by atoms with Gasteiger partial charge in [0.05, 0.1) is 22.8 Å². The van der Waals surface area contributed by atoms with Crippen molar-refractivity contribution >= 4 is 21.4 Å². The third kappa shape index (κ3) is 3.26. The van der Waals surface area contributed by atoms with Crippen LogP contribution in [-0.2, 0) is 16.6 Å². The Labute approximate surface area is 150 Å². The topological polar surface area (TPSA) is 81.2 Å². The molecule has 3 aromatic rings. The highest BCUT2D eigenvalue weighted by Gasteiger charge is 2.28. The lowest BCUT2D eigenvalue weighted by atomic mass is 10.3. The van der Waals surface area contributed by atoms with Crippen molar-refractivity contribution in [2.24, 2.45) is 0 Å². The van der Waals surface area contributed by atoms with Crippen molar-refractivity contribution in [1.82, 2.24) is 19.2 Å². The van der Waals surface area contributed by atoms with E-state index < -0.39 is 10.0 Å². The maximum atomic E-state index is 12.7. The zero-order valence-corrected chi connectivity index (χ0v) is 16.2. The monoisotopic (exact) mass is 380 g/mol. The highest BCUT2D eigenvalue weighted by atomic mass is 32.2. The van der Waals surface area contributed by atoms with Crippen LogP contribution < -0.4 is 0 Å². The molecule has 0 aromatic carbocycles. The normalized spacial score (nSPS) is 12.2. The van der Waals surface area contributed by atoms with Crippen LogP contribution in [0.1, 0.15) is 24.0 Å². The molecule has 0 amide bonds. The first kappa shape index (κ1) is 17.8. The van der Waals surface area contributed by atoms with E-state index in [1.807, 2.05) is 23.6 Å². The summed E-state index contributed by atoms with van der Waals surface area (Å²) in [5.41, 5.74) is 1.78. The van der Waals surface area contributed by atoms with E-state index in [4.69, 9.17) is 4.52 Å². The number of hydrogen-bond donors (Lipinski definition) is 0. The van der Waals surface area contributed by atoms with Gasteiger partial charge in [0.15, 0.2) is 5.76 Å². The highest BCUT2D eigenvalue weighted by Crippen LogP contribution is 2.26. The van der Waals surface area contributed by atoms with Crippen molar-refractivity contribution in [2.45, 2.75) is 32.2 Å². The Bertz CT molecular complexity index is 971. The van der Waals surface area contributed by atoms with Crippen LogP contribution >= 0.6 is 11.3 Å². The molecule has 0 aliphatic heterocycles. The summed E-state index contributed by atoms with van der Waals surface area (Å²) >= 11 is 1.57. The first-order chi connectivity index (χ1) is 11.8. The first-order valence-electron chi connectivity index (χ1n) is 7.84. The summed E-state index contributed by atoms with van der Waals surface area (Å²) in [4.78, 5) is 1.26. The molecule has 0 radical (unpaired) electrons. The van der Waals surface area contributed by atoms with Crippen LogP contribution in [-0.4, -0.2) is 41.3 Å². The summed E-state index contributed by atoms with van der Waals surface area (Å²) < 4.78 is 33.7. The summed E-state index contributed by atoms with van der Waals surface area (Å²) in [5.74, 6) is 0.699. The van der Waals surface area contributed by atoms with Crippen molar-refractivity contribution in [2.75, 3.05) is 13.6 Å². The Morgan fingerprint density at radius 3 is 2.76 bits per heavy atom. The fraction of sp³-hybridized carbons (Fsp3) is 0.375. The number of hydrogen-bond acceptors (Lipinski definition) is 6. The van der Waals surface area contributed by atoms with Crippen LogP contribution in [0.15, 0.2) is 33.0 Å². The van der Waals surface area contributed by atoms with Crippen molar-refractivity contribution < 1.29 is 12.9 Å². The fourth-order valence-electron chi connectivity index (χ4n) is 2.61. The molecule has 0 N–H and O–H groups in total. The van der Waals surface area contributed by atoms with E-state index in [1.54, 1.807) is 43.8 Å². The molecule has 134 valence electrons. The Morgan fingerprint density at radius 2 is 2.12 bits per heavy atom. The number of rotatable bonds is 6. The minimum atomic E-state index is -3.54. The van der Waals surface area contributed by atoms with Crippen molar-refractivity contribution in [3.8, 4) is 10.6 Å². The molecule has 0 spiro atoms. The lowest BCUT2D eigenvalue weighted by molar-refractivity contribution is 0.419. The molecule has 0 aliphatic carbocycles. The van der Waals surface area contributed by atoms with Gasteiger partial charge in [0, 0.05) is 19.7 Å². The first-order valence-corrected chi connectivity index (χ1v) is 10.2. The molecule has 0 unspecified atom stereocenters. The number of aryl methyl sites for hydroxylation is 1. The average Bonchev–Trinajstić information content (AvgIpc) is 3.28. The van der Waals surface area contributed by atoms with Gasteiger partial charge in [0.25, 0.3) is 0 Å². The van der Waals surface area contributed by atoms with E-state index in [2.05, 4.69) is 10.3 Å². The molecule has 0 atom stereocenters. The maximum Gasteiger partial charge on any atom is 0.246 e. The SMILES string of the molecule is CCN(C)S(=O)(=O)c1c(C)nn(Cc2cc(-c3cccs3)on2)c1C. The van der Waals surface area contributed by atoms with Gasteiger partial charge >= 0.3 is 0 Å². The Morgan fingerprint density at radius 1 is 1.36 bits per heavy atom. The predicted octanol–water partition coefficient (Wildman–Crippen LogP) is 2.91. The number of thiophene rings is 1. The third-order valence-electron chi connectivity index (χ3n) is 4.06. The van der Waals surface area contributed by atoms with E-state index in [9.17, 15) is 8.42 Å². The van der Waals surface area contributed by atoms with E-state index >= 15 is 0 Å². The fourth-order valence-corrected chi connectivity index (χ4v) is 4.83. The van der Waals surface area contributed by atoms with E-state index in [0.29, 0.717) is 35.9 Å². The molecular formula is C16H20N4O3S2. The van der Waals surface area contributed by atoms with Gasteiger partial charge in [-0.15, -0.1) is 11.3 Å². The quantitative estimate of drug-likeness (QED) is 0.657. The van der Waals surface area contributed by atoms with Gasteiger partial charge < -0.3 is 4.52 Å². The van der Waals surface area contributed by atoms with Crippen LogP contribution in [0, 0.1) is 13.8 Å². The molecule has 0 aliphatic rings. The molecule has 25 heavy (non-hydrogen) atoms. The van der Waals surface area contributed by atoms with Gasteiger partial charge in [0.2, 0.25) is 10.0 Å². The highest BCUT2D eigenvalue weighted by molar-refractivity contribution is 7.89. The zero-order valence-electron chi connectivity index (χ0n) is 14.6. The van der Waals surface area contributed by atoms with Crippen molar-refractivity contribution in [3.05, 3.63) is 40.7 Å². The van der Waals surface area contributed by atoms with Crippen LogP contribution in [0.3, 0.4) is 0 Å². The Kier molecular flexibility index (Phi) is 4.81. The van der Waals surface area contributed by atoms with E-state index in [0.717, 1.165) is 4.88 Å². The molecule has 3 rings (SSSR count). The minimum Gasteiger partial charge on any atom is -0.355 e. The molecule has 0 saturated heterocycles. The summed E-state index contributed by atoms with van der Waals surface area (Å²) in [6.45, 7) is 6.03. The minimum absolute atomic E-state index is 0.263. The molecule has 0 fully saturated rings. The molecule has 0 saturated carbocycles. The summed E-state index contributed by atoms with van der Waals surface area (Å²) in [6.07, 6.45) is 0. The van der Waals surface area contributed by atoms with Crippen LogP contribution in [0.25, 0.3) is 10.6 Å². The van der Waals surface area contributed by atoms with Crippen molar-refractivity contribution in [3.63, 3.8) is 0 Å². The smallest absolute Gasteiger partial charge is 0.246 e. The van der Waals surface area contributed by atoms with Gasteiger partial charge in [-0.1, -0.05) is 18.1 Å². The van der Waals surface area contributed by atoms with Gasteiger partial charge in [-0.25, -0.2) is 12.7 Å². The number of sulfonamides is 1. The largest absolute Gasteiger partial charge is 0.355 e. The van der Waals surface area contributed by atoms with Crippen LogP contribution in [0.5, 0.6) is 0 Å². The third-order valence-corrected chi connectivity index (χ3v) is 7.13. The van der Waals surface area contributed by atoms with E-state index in [-0.39, 0.29) is 4.90 Å². The second-order valence-corrected chi connectivity index (χ2v) is 8.67. The van der Waals surface area contributed by atoms with Crippen LogP contribution in [0.2, 0.25) is 0 Å². The maximum absolute atomic E-state index is 12.7. The zero-order chi connectivity index (χ0) is 18.2. The Hall–Kier alpha value is -1.97. The molecule has 7 nitrogen and oxygen atoms in total. The molecular weight excluding hydrogens is 360 g/mol. The second-order valence-electron chi connectivity index (χ2n) is 5.74. The Balaban J connectivity index is 1.91. The van der Waals surface area contributed by atoms with Gasteiger partial charge in [-0.05, 0) is 25.3 Å². The average molecular weight is 380 g/mol.